The Morgan fingerprint density at radius 3 is 2.50 bits per heavy atom. The molecule has 0 saturated heterocycles. The topological polar surface area (TPSA) is 40.5 Å². The molecule has 0 aliphatic heterocycles. The molecule has 3 aromatic carbocycles. The van der Waals surface area contributed by atoms with Crippen molar-refractivity contribution in [1.82, 2.24) is 4.90 Å². The van der Waals surface area contributed by atoms with Gasteiger partial charge < -0.3 is 10.0 Å². The molecule has 0 spiro atoms. The molecule has 122 valence electrons. The van der Waals surface area contributed by atoms with E-state index in [1.54, 1.807) is 31.3 Å². The number of benzene rings is 3. The maximum atomic E-state index is 13.9. The second kappa shape index (κ2) is 6.61. The minimum atomic E-state index is -0.374. The van der Waals surface area contributed by atoms with Gasteiger partial charge in [0, 0.05) is 23.6 Å². The van der Waals surface area contributed by atoms with Crippen LogP contribution in [0.1, 0.15) is 15.9 Å². The summed E-state index contributed by atoms with van der Waals surface area (Å²) in [5.41, 5.74) is 0.604. The van der Waals surface area contributed by atoms with E-state index in [1.807, 2.05) is 24.3 Å². The fraction of sp³-hybridized carbons (Fsp3) is 0.105. The predicted molar refractivity (Wildman–Crippen MR) is 95.5 cm³/mol. The van der Waals surface area contributed by atoms with Crippen LogP contribution in [-0.4, -0.2) is 23.0 Å². The van der Waals surface area contributed by atoms with E-state index in [-0.39, 0.29) is 29.6 Å². The van der Waals surface area contributed by atoms with Gasteiger partial charge in [-0.1, -0.05) is 40.2 Å². The Bertz CT molecular complexity index is 926. The number of hydrogen-bond acceptors (Lipinski definition) is 2. The van der Waals surface area contributed by atoms with Crippen molar-refractivity contribution in [3.05, 3.63) is 76.0 Å². The van der Waals surface area contributed by atoms with E-state index in [4.69, 9.17) is 0 Å². The van der Waals surface area contributed by atoms with Gasteiger partial charge in [-0.2, -0.15) is 0 Å². The third kappa shape index (κ3) is 3.26. The van der Waals surface area contributed by atoms with Crippen molar-refractivity contribution in [1.29, 1.82) is 0 Å². The van der Waals surface area contributed by atoms with Crippen LogP contribution in [-0.2, 0) is 6.54 Å². The van der Waals surface area contributed by atoms with Crippen molar-refractivity contribution in [3.8, 4) is 5.75 Å². The van der Waals surface area contributed by atoms with Crippen LogP contribution < -0.4 is 0 Å². The number of phenols is 1. The number of amides is 1. The molecule has 0 aromatic heterocycles. The maximum Gasteiger partial charge on any atom is 0.257 e. The molecule has 24 heavy (non-hydrogen) atoms. The van der Waals surface area contributed by atoms with E-state index in [1.165, 1.54) is 11.0 Å². The normalized spacial score (nSPS) is 10.8. The average molecular weight is 388 g/mol. The fourth-order valence-corrected chi connectivity index (χ4v) is 3.01. The van der Waals surface area contributed by atoms with Gasteiger partial charge in [0.2, 0.25) is 0 Å². The zero-order valence-electron chi connectivity index (χ0n) is 13.0. The van der Waals surface area contributed by atoms with Gasteiger partial charge in [-0.05, 0) is 41.1 Å². The molecule has 5 heteroatoms. The largest absolute Gasteiger partial charge is 0.507 e. The van der Waals surface area contributed by atoms with Gasteiger partial charge in [-0.15, -0.1) is 0 Å². The summed E-state index contributed by atoms with van der Waals surface area (Å²) in [7, 11) is 1.58. The minimum absolute atomic E-state index is 0.0831. The summed E-state index contributed by atoms with van der Waals surface area (Å²) in [6.07, 6.45) is 0. The molecule has 0 saturated carbocycles. The molecular weight excluding hydrogens is 373 g/mol. The third-order valence-electron chi connectivity index (χ3n) is 3.86. The van der Waals surface area contributed by atoms with Gasteiger partial charge in [0.15, 0.2) is 0 Å². The molecule has 0 atom stereocenters. The van der Waals surface area contributed by atoms with Crippen molar-refractivity contribution in [3.63, 3.8) is 0 Å². The van der Waals surface area contributed by atoms with Crippen LogP contribution in [0.4, 0.5) is 4.39 Å². The highest BCUT2D eigenvalue weighted by Gasteiger charge is 2.18. The van der Waals surface area contributed by atoms with Crippen LogP contribution in [0.3, 0.4) is 0 Å². The van der Waals surface area contributed by atoms with Crippen LogP contribution in [0.25, 0.3) is 10.8 Å². The molecule has 0 fully saturated rings. The first-order valence-electron chi connectivity index (χ1n) is 7.37. The Kier molecular flexibility index (Phi) is 4.53. The van der Waals surface area contributed by atoms with Gasteiger partial charge >= 0.3 is 0 Å². The van der Waals surface area contributed by atoms with Crippen molar-refractivity contribution in [2.75, 3.05) is 7.05 Å². The van der Waals surface area contributed by atoms with E-state index < -0.39 is 0 Å². The summed E-state index contributed by atoms with van der Waals surface area (Å²) in [5, 5.41) is 11.9. The van der Waals surface area contributed by atoms with Crippen LogP contribution >= 0.6 is 15.9 Å². The van der Waals surface area contributed by atoms with Crippen LogP contribution in [0.15, 0.2) is 59.1 Å². The molecule has 0 radical (unpaired) electrons. The van der Waals surface area contributed by atoms with Crippen LogP contribution in [0, 0.1) is 5.82 Å². The lowest BCUT2D eigenvalue weighted by Gasteiger charge is -2.19. The first-order chi connectivity index (χ1) is 11.5. The van der Waals surface area contributed by atoms with E-state index >= 15 is 0 Å². The number of aromatic hydroxyl groups is 1. The third-order valence-corrected chi connectivity index (χ3v) is 4.35. The first kappa shape index (κ1) is 16.5. The predicted octanol–water partition coefficient (Wildman–Crippen LogP) is 4.72. The highest BCUT2D eigenvalue weighted by molar-refractivity contribution is 9.10. The number of nitrogens with zero attached hydrogens (tertiary/aromatic N) is 1. The SMILES string of the molecule is CN(Cc1cc(Br)ccc1F)C(=O)c1cc2ccccc2cc1O. The molecule has 0 bridgehead atoms. The van der Waals surface area contributed by atoms with E-state index in [0.29, 0.717) is 5.56 Å². The first-order valence-corrected chi connectivity index (χ1v) is 8.16. The molecule has 0 aliphatic carbocycles. The number of fused-ring (bicyclic) bond motifs is 1. The summed E-state index contributed by atoms with van der Waals surface area (Å²) in [6.45, 7) is 0.108. The Labute approximate surface area is 147 Å². The summed E-state index contributed by atoms with van der Waals surface area (Å²) in [4.78, 5) is 14.0. The Hall–Kier alpha value is -2.40. The van der Waals surface area contributed by atoms with E-state index in [0.717, 1.165) is 15.2 Å². The molecular formula is C19H15BrFNO2. The smallest absolute Gasteiger partial charge is 0.257 e. The maximum absolute atomic E-state index is 13.9. The van der Waals surface area contributed by atoms with Crippen molar-refractivity contribution >= 4 is 32.6 Å². The van der Waals surface area contributed by atoms with Crippen LogP contribution in [0.5, 0.6) is 5.75 Å². The van der Waals surface area contributed by atoms with Gasteiger partial charge in [0.25, 0.3) is 5.91 Å². The summed E-state index contributed by atoms with van der Waals surface area (Å²) >= 11 is 3.30. The zero-order valence-corrected chi connectivity index (χ0v) is 14.5. The molecule has 1 N–H and O–H groups in total. The summed E-state index contributed by atoms with van der Waals surface area (Å²) < 4.78 is 14.6. The second-order valence-electron chi connectivity index (χ2n) is 5.61. The minimum Gasteiger partial charge on any atom is -0.507 e. The highest BCUT2D eigenvalue weighted by atomic mass is 79.9. The van der Waals surface area contributed by atoms with Gasteiger partial charge in [0.1, 0.15) is 11.6 Å². The molecule has 3 nitrogen and oxygen atoms in total. The Morgan fingerprint density at radius 2 is 1.79 bits per heavy atom. The lowest BCUT2D eigenvalue weighted by atomic mass is 10.0. The Balaban J connectivity index is 1.90. The number of phenolic OH excluding ortho intramolecular Hbond substituents is 1. The molecule has 0 unspecified atom stereocenters. The van der Waals surface area contributed by atoms with E-state index in [2.05, 4.69) is 15.9 Å². The summed E-state index contributed by atoms with van der Waals surface area (Å²) in [6, 6.07) is 15.3. The molecule has 3 aromatic rings. The monoisotopic (exact) mass is 387 g/mol. The summed E-state index contributed by atoms with van der Waals surface area (Å²) in [5.74, 6) is -0.821. The molecule has 1 amide bonds. The number of rotatable bonds is 3. The number of halogens is 2. The van der Waals surface area contributed by atoms with Gasteiger partial charge in [-0.3, -0.25) is 4.79 Å². The van der Waals surface area contributed by atoms with Gasteiger partial charge in [-0.25, -0.2) is 4.39 Å². The van der Waals surface area contributed by atoms with Crippen molar-refractivity contribution < 1.29 is 14.3 Å². The fourth-order valence-electron chi connectivity index (χ4n) is 2.60. The number of hydrogen-bond donors (Lipinski definition) is 1. The molecule has 0 heterocycles. The van der Waals surface area contributed by atoms with Crippen molar-refractivity contribution in [2.24, 2.45) is 0 Å². The molecule has 3 rings (SSSR count). The van der Waals surface area contributed by atoms with Crippen molar-refractivity contribution in [2.45, 2.75) is 6.54 Å². The quantitative estimate of drug-likeness (QED) is 0.706. The number of carbonyl (C=O) groups excluding carboxylic acids is 1. The van der Waals surface area contributed by atoms with Crippen LogP contribution in [0.2, 0.25) is 0 Å². The Morgan fingerprint density at radius 1 is 1.12 bits per heavy atom. The second-order valence-corrected chi connectivity index (χ2v) is 6.53. The lowest BCUT2D eigenvalue weighted by Crippen LogP contribution is -2.26. The highest BCUT2D eigenvalue weighted by Crippen LogP contribution is 2.26. The average Bonchev–Trinajstić information content (AvgIpc) is 2.56. The zero-order chi connectivity index (χ0) is 17.3. The number of carbonyl (C=O) groups is 1. The van der Waals surface area contributed by atoms with E-state index in [9.17, 15) is 14.3 Å². The molecule has 0 aliphatic rings. The van der Waals surface area contributed by atoms with Gasteiger partial charge in [0.05, 0.1) is 5.56 Å². The lowest BCUT2D eigenvalue weighted by molar-refractivity contribution is 0.0781. The standard InChI is InChI=1S/C19H15BrFNO2/c1-22(11-14-8-15(20)6-7-17(14)21)19(24)16-9-12-4-2-3-5-13(12)10-18(16)23/h2-10,23H,11H2,1H3.